The molecular formula is C14H12N4O3. The highest BCUT2D eigenvalue weighted by Crippen LogP contribution is 2.32. The number of ether oxygens (including phenoxy) is 1. The van der Waals surface area contributed by atoms with E-state index in [-0.39, 0.29) is 22.9 Å². The lowest BCUT2D eigenvalue weighted by molar-refractivity contribution is -0.385. The van der Waals surface area contributed by atoms with Crippen molar-refractivity contribution >= 4 is 5.69 Å². The summed E-state index contributed by atoms with van der Waals surface area (Å²) in [6.07, 6.45) is 0. The maximum Gasteiger partial charge on any atom is 0.276 e. The van der Waals surface area contributed by atoms with Gasteiger partial charge < -0.3 is 4.74 Å². The first kappa shape index (κ1) is 14.4. The fraction of sp³-hybridized carbons (Fsp3) is 0.214. The highest BCUT2D eigenvalue weighted by molar-refractivity contribution is 5.52. The number of nitrogens with zero attached hydrogens (tertiary/aromatic N) is 4. The van der Waals surface area contributed by atoms with E-state index in [9.17, 15) is 15.4 Å². The molecule has 0 radical (unpaired) electrons. The van der Waals surface area contributed by atoms with Crippen LogP contribution in [0.2, 0.25) is 0 Å². The Kier molecular flexibility index (Phi) is 3.80. The first-order chi connectivity index (χ1) is 9.95. The van der Waals surface area contributed by atoms with Gasteiger partial charge in [-0.25, -0.2) is 0 Å². The minimum Gasteiger partial charge on any atom is -0.436 e. The molecule has 0 N–H and O–H groups in total. The quantitative estimate of drug-likeness (QED) is 0.634. The van der Waals surface area contributed by atoms with Gasteiger partial charge in [0, 0.05) is 6.07 Å². The molecule has 0 saturated heterocycles. The number of nitro benzene ring substituents is 1. The van der Waals surface area contributed by atoms with E-state index in [4.69, 9.17) is 4.74 Å². The lowest BCUT2D eigenvalue weighted by Crippen LogP contribution is -2.02. The van der Waals surface area contributed by atoms with Crippen molar-refractivity contribution in [1.29, 1.82) is 5.26 Å². The van der Waals surface area contributed by atoms with Crippen molar-refractivity contribution in [2.24, 2.45) is 0 Å². The molecule has 0 unspecified atom stereocenters. The summed E-state index contributed by atoms with van der Waals surface area (Å²) in [5, 5.41) is 27.9. The topological polar surface area (TPSA) is 102 Å². The van der Waals surface area contributed by atoms with Crippen molar-refractivity contribution in [3.63, 3.8) is 0 Å². The molecule has 0 aliphatic rings. The number of benzene rings is 1. The lowest BCUT2D eigenvalue weighted by atomic mass is 10.1. The van der Waals surface area contributed by atoms with Crippen LogP contribution in [0.4, 0.5) is 5.69 Å². The van der Waals surface area contributed by atoms with Crippen LogP contribution in [-0.4, -0.2) is 15.1 Å². The number of rotatable bonds is 3. The van der Waals surface area contributed by atoms with Gasteiger partial charge in [0.2, 0.25) is 0 Å². The average molecular weight is 284 g/mol. The van der Waals surface area contributed by atoms with Gasteiger partial charge in [-0.3, -0.25) is 10.1 Å². The maximum atomic E-state index is 10.9. The molecule has 0 atom stereocenters. The van der Waals surface area contributed by atoms with Crippen LogP contribution >= 0.6 is 0 Å². The Hall–Kier alpha value is -3.01. The minimum atomic E-state index is -0.487. The van der Waals surface area contributed by atoms with Gasteiger partial charge in [-0.05, 0) is 32.4 Å². The Morgan fingerprint density at radius 2 is 1.95 bits per heavy atom. The van der Waals surface area contributed by atoms with Gasteiger partial charge in [0.15, 0.2) is 0 Å². The molecule has 0 saturated carbocycles. The van der Waals surface area contributed by atoms with Gasteiger partial charge in [0.1, 0.15) is 17.4 Å². The van der Waals surface area contributed by atoms with Crippen LogP contribution in [0.3, 0.4) is 0 Å². The van der Waals surface area contributed by atoms with E-state index in [0.717, 1.165) is 0 Å². The number of aromatic nitrogens is 2. The average Bonchev–Trinajstić information content (AvgIpc) is 2.45. The van der Waals surface area contributed by atoms with E-state index in [1.54, 1.807) is 26.8 Å². The van der Waals surface area contributed by atoms with Gasteiger partial charge in [-0.2, -0.15) is 10.4 Å². The molecule has 21 heavy (non-hydrogen) atoms. The Morgan fingerprint density at radius 1 is 1.24 bits per heavy atom. The molecule has 1 aromatic heterocycles. The number of nitro groups is 1. The standard InChI is InChI=1S/C14H12N4O3/c1-8-10(3)16-17-14(11(8)7-15)21-13-6-4-5-12(9(13)2)18(19)20/h4-6H,1-3H3. The Morgan fingerprint density at radius 3 is 2.57 bits per heavy atom. The van der Waals surface area contributed by atoms with E-state index >= 15 is 0 Å². The summed E-state index contributed by atoms with van der Waals surface area (Å²) in [7, 11) is 0. The van der Waals surface area contributed by atoms with Crippen LogP contribution in [0.25, 0.3) is 0 Å². The van der Waals surface area contributed by atoms with E-state index in [0.29, 0.717) is 16.8 Å². The molecule has 0 amide bonds. The van der Waals surface area contributed by atoms with Crippen LogP contribution in [0.1, 0.15) is 22.4 Å². The van der Waals surface area contributed by atoms with E-state index < -0.39 is 4.92 Å². The summed E-state index contributed by atoms with van der Waals surface area (Å²) >= 11 is 0. The molecule has 0 spiro atoms. The Bertz CT molecular complexity index is 766. The maximum absolute atomic E-state index is 10.9. The summed E-state index contributed by atoms with van der Waals surface area (Å²) in [6.45, 7) is 5.06. The van der Waals surface area contributed by atoms with Gasteiger partial charge in [0.05, 0.1) is 16.2 Å². The molecule has 1 aromatic carbocycles. The predicted molar refractivity (Wildman–Crippen MR) is 74.1 cm³/mol. The summed E-state index contributed by atoms with van der Waals surface area (Å²) in [5.74, 6) is 0.322. The number of aryl methyl sites for hydroxylation is 1. The van der Waals surface area contributed by atoms with E-state index in [1.165, 1.54) is 12.1 Å². The van der Waals surface area contributed by atoms with Gasteiger partial charge >= 0.3 is 0 Å². The second-order valence-corrected chi connectivity index (χ2v) is 4.46. The SMILES string of the molecule is Cc1nnc(Oc2cccc([N+](=O)[O-])c2C)c(C#N)c1C. The number of nitriles is 1. The summed E-state index contributed by atoms with van der Waals surface area (Å²) in [4.78, 5) is 10.4. The minimum absolute atomic E-state index is 0.0456. The van der Waals surface area contributed by atoms with Crippen molar-refractivity contribution in [3.05, 3.63) is 50.7 Å². The third-order valence-corrected chi connectivity index (χ3v) is 3.19. The molecule has 2 aromatic rings. The summed E-state index contributed by atoms with van der Waals surface area (Å²) in [5.41, 5.74) is 1.89. The second-order valence-electron chi connectivity index (χ2n) is 4.46. The zero-order valence-electron chi connectivity index (χ0n) is 11.7. The summed E-state index contributed by atoms with van der Waals surface area (Å²) in [6, 6.07) is 6.51. The van der Waals surface area contributed by atoms with Crippen LogP contribution in [-0.2, 0) is 0 Å². The first-order valence-electron chi connectivity index (χ1n) is 6.11. The molecule has 0 fully saturated rings. The van der Waals surface area contributed by atoms with Crippen LogP contribution < -0.4 is 4.74 Å². The van der Waals surface area contributed by atoms with Gasteiger partial charge in [-0.1, -0.05) is 6.07 Å². The zero-order chi connectivity index (χ0) is 15.6. The van der Waals surface area contributed by atoms with Crippen molar-refractivity contribution in [2.45, 2.75) is 20.8 Å². The Balaban J connectivity index is 2.50. The Labute approximate surface area is 121 Å². The fourth-order valence-electron chi connectivity index (χ4n) is 1.81. The second kappa shape index (κ2) is 5.54. The highest BCUT2D eigenvalue weighted by atomic mass is 16.6. The molecule has 106 valence electrons. The zero-order valence-corrected chi connectivity index (χ0v) is 11.7. The highest BCUT2D eigenvalue weighted by Gasteiger charge is 2.18. The van der Waals surface area contributed by atoms with Crippen molar-refractivity contribution in [2.75, 3.05) is 0 Å². The molecule has 2 rings (SSSR count). The van der Waals surface area contributed by atoms with E-state index in [1.807, 2.05) is 6.07 Å². The smallest absolute Gasteiger partial charge is 0.276 e. The van der Waals surface area contributed by atoms with Crippen molar-refractivity contribution in [3.8, 4) is 17.7 Å². The fourth-order valence-corrected chi connectivity index (χ4v) is 1.81. The van der Waals surface area contributed by atoms with Crippen molar-refractivity contribution in [1.82, 2.24) is 10.2 Å². The largest absolute Gasteiger partial charge is 0.436 e. The monoisotopic (exact) mass is 284 g/mol. The molecule has 7 heteroatoms. The lowest BCUT2D eigenvalue weighted by Gasteiger charge is -2.10. The number of hydrogen-bond donors (Lipinski definition) is 0. The normalized spacial score (nSPS) is 10.0. The molecule has 0 aliphatic carbocycles. The van der Waals surface area contributed by atoms with Crippen LogP contribution in [0.15, 0.2) is 18.2 Å². The van der Waals surface area contributed by atoms with Crippen LogP contribution in [0.5, 0.6) is 11.6 Å². The third kappa shape index (κ3) is 2.65. The third-order valence-electron chi connectivity index (χ3n) is 3.19. The molecule has 7 nitrogen and oxygen atoms in total. The first-order valence-corrected chi connectivity index (χ1v) is 6.11. The molecule has 0 bridgehead atoms. The molecular weight excluding hydrogens is 272 g/mol. The van der Waals surface area contributed by atoms with Crippen LogP contribution in [0, 0.1) is 42.2 Å². The van der Waals surface area contributed by atoms with E-state index in [2.05, 4.69) is 10.2 Å². The molecule has 0 aliphatic heterocycles. The van der Waals surface area contributed by atoms with Gasteiger partial charge in [0.25, 0.3) is 11.6 Å². The van der Waals surface area contributed by atoms with Crippen molar-refractivity contribution < 1.29 is 9.66 Å². The number of hydrogen-bond acceptors (Lipinski definition) is 6. The summed E-state index contributed by atoms with van der Waals surface area (Å²) < 4.78 is 5.56. The molecule has 1 heterocycles. The predicted octanol–water partition coefficient (Wildman–Crippen LogP) is 2.97. The van der Waals surface area contributed by atoms with Gasteiger partial charge in [-0.15, -0.1) is 5.10 Å².